The third-order valence-corrected chi connectivity index (χ3v) is 3.13. The lowest BCUT2D eigenvalue weighted by atomic mass is 10.1. The molecule has 1 saturated carbocycles. The van der Waals surface area contributed by atoms with Gasteiger partial charge in [0, 0.05) is 6.04 Å². The van der Waals surface area contributed by atoms with Crippen LogP contribution in [0.4, 0.5) is 5.82 Å². The highest BCUT2D eigenvalue weighted by molar-refractivity contribution is 5.85. The minimum atomic E-state index is -0.983. The van der Waals surface area contributed by atoms with Crippen LogP contribution in [0.15, 0.2) is 18.2 Å². The molecule has 1 aliphatic carbocycles. The number of hydrogen-bond donors (Lipinski definition) is 2. The maximum atomic E-state index is 10.8. The first-order valence-corrected chi connectivity index (χ1v) is 6.16. The highest BCUT2D eigenvalue weighted by atomic mass is 16.4. The van der Waals surface area contributed by atoms with E-state index in [2.05, 4.69) is 17.2 Å². The molecule has 0 aliphatic heterocycles. The van der Waals surface area contributed by atoms with Crippen molar-refractivity contribution in [3.05, 3.63) is 23.9 Å². The third kappa shape index (κ3) is 3.44. The molecule has 4 heteroatoms. The quantitative estimate of drug-likeness (QED) is 0.794. The van der Waals surface area contributed by atoms with Gasteiger partial charge in [0.15, 0.2) is 5.69 Å². The van der Waals surface area contributed by atoms with Crippen molar-refractivity contribution in [1.82, 2.24) is 4.98 Å². The Labute approximate surface area is 101 Å². The number of carboxylic acids is 1. The van der Waals surface area contributed by atoms with Crippen molar-refractivity contribution in [3.8, 4) is 0 Å². The predicted molar refractivity (Wildman–Crippen MR) is 66.2 cm³/mol. The van der Waals surface area contributed by atoms with E-state index in [4.69, 9.17) is 5.11 Å². The van der Waals surface area contributed by atoms with Gasteiger partial charge in [-0.05, 0) is 30.9 Å². The van der Waals surface area contributed by atoms with Crippen LogP contribution in [-0.4, -0.2) is 22.1 Å². The molecule has 2 rings (SSSR count). The minimum absolute atomic E-state index is 0.0938. The SMILES string of the molecule is CCC(CC1CC1)Nc1cccc(C(=O)O)n1. The monoisotopic (exact) mass is 234 g/mol. The zero-order chi connectivity index (χ0) is 12.3. The van der Waals surface area contributed by atoms with Gasteiger partial charge in [-0.25, -0.2) is 9.78 Å². The normalized spacial score (nSPS) is 16.5. The van der Waals surface area contributed by atoms with Crippen molar-refractivity contribution >= 4 is 11.8 Å². The Bertz CT molecular complexity index is 402. The summed E-state index contributed by atoms with van der Waals surface area (Å²) in [6.45, 7) is 2.14. The summed E-state index contributed by atoms with van der Waals surface area (Å²) in [5.74, 6) is 0.538. The molecule has 4 nitrogen and oxygen atoms in total. The fraction of sp³-hybridized carbons (Fsp3) is 0.538. The van der Waals surface area contributed by atoms with E-state index >= 15 is 0 Å². The molecular formula is C13H18N2O2. The Morgan fingerprint density at radius 3 is 2.94 bits per heavy atom. The summed E-state index contributed by atoms with van der Waals surface area (Å²) in [6.07, 6.45) is 4.87. The smallest absolute Gasteiger partial charge is 0.354 e. The average Bonchev–Trinajstić information content (AvgIpc) is 3.12. The van der Waals surface area contributed by atoms with E-state index in [1.54, 1.807) is 6.07 Å². The number of hydrogen-bond acceptors (Lipinski definition) is 3. The molecule has 1 fully saturated rings. The van der Waals surface area contributed by atoms with Gasteiger partial charge in [0.05, 0.1) is 0 Å². The second-order valence-electron chi connectivity index (χ2n) is 4.64. The van der Waals surface area contributed by atoms with E-state index in [1.165, 1.54) is 18.9 Å². The predicted octanol–water partition coefficient (Wildman–Crippen LogP) is 2.77. The molecule has 0 saturated heterocycles. The van der Waals surface area contributed by atoms with Gasteiger partial charge in [-0.2, -0.15) is 0 Å². The molecule has 1 aliphatic rings. The molecule has 0 bridgehead atoms. The number of pyridine rings is 1. The number of aromatic carboxylic acids is 1. The van der Waals surface area contributed by atoms with Crippen LogP contribution in [0.5, 0.6) is 0 Å². The minimum Gasteiger partial charge on any atom is -0.477 e. The third-order valence-electron chi connectivity index (χ3n) is 3.13. The summed E-state index contributed by atoms with van der Waals surface area (Å²) in [4.78, 5) is 14.9. The van der Waals surface area contributed by atoms with E-state index in [-0.39, 0.29) is 5.69 Å². The topological polar surface area (TPSA) is 62.2 Å². The summed E-state index contributed by atoms with van der Waals surface area (Å²) in [5, 5.41) is 12.2. The van der Waals surface area contributed by atoms with Gasteiger partial charge < -0.3 is 10.4 Å². The van der Waals surface area contributed by atoms with E-state index in [0.29, 0.717) is 11.9 Å². The molecule has 1 aromatic heterocycles. The van der Waals surface area contributed by atoms with E-state index in [0.717, 1.165) is 18.8 Å². The molecule has 0 radical (unpaired) electrons. The van der Waals surface area contributed by atoms with Gasteiger partial charge in [0.1, 0.15) is 5.82 Å². The summed E-state index contributed by atoms with van der Waals surface area (Å²) in [7, 11) is 0. The van der Waals surface area contributed by atoms with Crippen LogP contribution in [-0.2, 0) is 0 Å². The first-order valence-electron chi connectivity index (χ1n) is 6.16. The molecule has 1 heterocycles. The van der Waals surface area contributed by atoms with Gasteiger partial charge in [-0.3, -0.25) is 0 Å². The van der Waals surface area contributed by atoms with Crippen LogP contribution < -0.4 is 5.32 Å². The van der Waals surface area contributed by atoms with Gasteiger partial charge in [-0.15, -0.1) is 0 Å². The largest absolute Gasteiger partial charge is 0.477 e. The average molecular weight is 234 g/mol. The Morgan fingerprint density at radius 2 is 2.35 bits per heavy atom. The number of aromatic nitrogens is 1. The summed E-state index contributed by atoms with van der Waals surface area (Å²) < 4.78 is 0. The van der Waals surface area contributed by atoms with Crippen molar-refractivity contribution in [3.63, 3.8) is 0 Å². The molecule has 1 atom stereocenters. The molecular weight excluding hydrogens is 216 g/mol. The van der Waals surface area contributed by atoms with E-state index in [1.807, 2.05) is 6.07 Å². The standard InChI is InChI=1S/C13H18N2O2/c1-2-10(8-9-6-7-9)14-12-5-3-4-11(15-12)13(16)17/h3-5,9-10H,2,6-8H2,1H3,(H,14,15)(H,16,17). The molecule has 0 spiro atoms. The molecule has 1 aromatic rings. The van der Waals surface area contributed by atoms with Crippen LogP contribution in [0.3, 0.4) is 0 Å². The number of anilines is 1. The van der Waals surface area contributed by atoms with Crippen LogP contribution in [0.25, 0.3) is 0 Å². The Kier molecular flexibility index (Phi) is 3.61. The first-order chi connectivity index (χ1) is 8.19. The van der Waals surface area contributed by atoms with E-state index in [9.17, 15) is 4.79 Å². The number of nitrogens with one attached hydrogen (secondary N) is 1. The molecule has 17 heavy (non-hydrogen) atoms. The molecule has 0 amide bonds. The zero-order valence-electron chi connectivity index (χ0n) is 10.0. The maximum Gasteiger partial charge on any atom is 0.354 e. The maximum absolute atomic E-state index is 10.8. The molecule has 2 N–H and O–H groups in total. The lowest BCUT2D eigenvalue weighted by Crippen LogP contribution is -2.20. The van der Waals surface area contributed by atoms with Crippen molar-refractivity contribution in [2.75, 3.05) is 5.32 Å². The van der Waals surface area contributed by atoms with Crippen LogP contribution in [0.1, 0.15) is 43.1 Å². The van der Waals surface area contributed by atoms with Crippen LogP contribution in [0.2, 0.25) is 0 Å². The molecule has 0 aromatic carbocycles. The second-order valence-corrected chi connectivity index (χ2v) is 4.64. The summed E-state index contributed by atoms with van der Waals surface area (Å²) in [5.41, 5.74) is 0.0938. The Balaban J connectivity index is 2.00. The van der Waals surface area contributed by atoms with Gasteiger partial charge in [0.25, 0.3) is 0 Å². The highest BCUT2D eigenvalue weighted by Gasteiger charge is 2.24. The fourth-order valence-electron chi connectivity index (χ4n) is 1.93. The second kappa shape index (κ2) is 5.17. The number of rotatable bonds is 6. The number of carboxylic acid groups (broad SMARTS) is 1. The van der Waals surface area contributed by atoms with Gasteiger partial charge >= 0.3 is 5.97 Å². The fourth-order valence-corrected chi connectivity index (χ4v) is 1.93. The van der Waals surface area contributed by atoms with Crippen LogP contribution in [0, 0.1) is 5.92 Å². The Hall–Kier alpha value is -1.58. The van der Waals surface area contributed by atoms with E-state index < -0.39 is 5.97 Å². The van der Waals surface area contributed by atoms with Crippen molar-refractivity contribution in [1.29, 1.82) is 0 Å². The lowest BCUT2D eigenvalue weighted by molar-refractivity contribution is 0.0690. The van der Waals surface area contributed by atoms with Gasteiger partial charge in [0.2, 0.25) is 0 Å². The Morgan fingerprint density at radius 1 is 1.59 bits per heavy atom. The lowest BCUT2D eigenvalue weighted by Gasteiger charge is -2.17. The summed E-state index contributed by atoms with van der Waals surface area (Å²) >= 11 is 0. The first kappa shape index (κ1) is 11.9. The molecule has 92 valence electrons. The van der Waals surface area contributed by atoms with Gasteiger partial charge in [-0.1, -0.05) is 25.8 Å². The highest BCUT2D eigenvalue weighted by Crippen LogP contribution is 2.34. The number of nitrogens with zero attached hydrogens (tertiary/aromatic N) is 1. The summed E-state index contributed by atoms with van der Waals surface area (Å²) in [6, 6.07) is 5.46. The zero-order valence-corrected chi connectivity index (χ0v) is 10.0. The molecule has 1 unspecified atom stereocenters. The van der Waals surface area contributed by atoms with Crippen molar-refractivity contribution in [2.45, 2.75) is 38.6 Å². The van der Waals surface area contributed by atoms with Crippen molar-refractivity contribution < 1.29 is 9.90 Å². The van der Waals surface area contributed by atoms with Crippen molar-refractivity contribution in [2.24, 2.45) is 5.92 Å². The number of carbonyl (C=O) groups is 1. The van der Waals surface area contributed by atoms with Crippen LogP contribution >= 0.6 is 0 Å².